The Labute approximate surface area is 196 Å². The standard InChI is InChI=1S/C25H26BrFN4O/c1-30-11-12-31(2)21(16-30)15-28-25(32)23-14-20(9-5-17-3-7-19(27)8-4-17)29-24-10-6-18(26)13-22(23)24/h3-10,13-14,21H,11-12,15-16H2,1-2H3,(H,28,32)/b9-5+. The van der Waals surface area contributed by atoms with E-state index in [4.69, 9.17) is 0 Å². The lowest BCUT2D eigenvalue weighted by atomic mass is 10.1. The predicted molar refractivity (Wildman–Crippen MR) is 131 cm³/mol. The number of hydrogen-bond acceptors (Lipinski definition) is 4. The summed E-state index contributed by atoms with van der Waals surface area (Å²) < 4.78 is 14.1. The third kappa shape index (κ3) is 5.41. The summed E-state index contributed by atoms with van der Waals surface area (Å²) >= 11 is 3.50. The molecule has 0 bridgehead atoms. The quantitative estimate of drug-likeness (QED) is 0.572. The fourth-order valence-electron chi connectivity index (χ4n) is 3.87. The number of pyridine rings is 1. The highest BCUT2D eigenvalue weighted by atomic mass is 79.9. The summed E-state index contributed by atoms with van der Waals surface area (Å²) in [6, 6.07) is 14.1. The molecule has 1 aliphatic rings. The highest BCUT2D eigenvalue weighted by Gasteiger charge is 2.23. The molecule has 4 rings (SSSR count). The summed E-state index contributed by atoms with van der Waals surface area (Å²) in [5.41, 5.74) is 2.86. The molecule has 7 heteroatoms. The van der Waals surface area contributed by atoms with Gasteiger partial charge in [-0.3, -0.25) is 9.69 Å². The lowest BCUT2D eigenvalue weighted by Crippen LogP contribution is -2.54. The molecule has 1 saturated heterocycles. The zero-order chi connectivity index (χ0) is 22.7. The Morgan fingerprint density at radius 3 is 2.72 bits per heavy atom. The molecule has 2 heterocycles. The van der Waals surface area contributed by atoms with Gasteiger partial charge in [0.25, 0.3) is 5.91 Å². The van der Waals surface area contributed by atoms with Gasteiger partial charge in [0.15, 0.2) is 0 Å². The molecule has 1 amide bonds. The molecule has 0 saturated carbocycles. The second-order valence-corrected chi connectivity index (χ2v) is 9.16. The summed E-state index contributed by atoms with van der Waals surface area (Å²) in [7, 11) is 4.20. The highest BCUT2D eigenvalue weighted by Crippen LogP contribution is 2.24. The zero-order valence-electron chi connectivity index (χ0n) is 18.2. The van der Waals surface area contributed by atoms with E-state index in [1.54, 1.807) is 18.2 Å². The molecule has 166 valence electrons. The van der Waals surface area contributed by atoms with Gasteiger partial charge >= 0.3 is 0 Å². The number of likely N-dealkylation sites (N-methyl/N-ethyl adjacent to an activating group) is 2. The Hall–Kier alpha value is -2.61. The van der Waals surface area contributed by atoms with Gasteiger partial charge in [-0.15, -0.1) is 0 Å². The fraction of sp³-hybridized carbons (Fsp3) is 0.280. The van der Waals surface area contributed by atoms with E-state index < -0.39 is 0 Å². The van der Waals surface area contributed by atoms with Crippen molar-refractivity contribution in [1.82, 2.24) is 20.1 Å². The average molecular weight is 497 g/mol. The summed E-state index contributed by atoms with van der Waals surface area (Å²) in [5.74, 6) is -0.390. The summed E-state index contributed by atoms with van der Waals surface area (Å²) in [6.07, 6.45) is 3.70. The molecule has 32 heavy (non-hydrogen) atoms. The zero-order valence-corrected chi connectivity index (χ0v) is 19.8. The molecule has 1 atom stereocenters. The minimum Gasteiger partial charge on any atom is -0.350 e. The van der Waals surface area contributed by atoms with Crippen LogP contribution in [0.15, 0.2) is 53.0 Å². The highest BCUT2D eigenvalue weighted by molar-refractivity contribution is 9.10. The molecule has 0 radical (unpaired) electrons. The Balaban J connectivity index is 1.60. The molecule has 1 unspecified atom stereocenters. The van der Waals surface area contributed by atoms with Crippen LogP contribution in [0.25, 0.3) is 23.1 Å². The van der Waals surface area contributed by atoms with Gasteiger partial charge < -0.3 is 10.2 Å². The number of aromatic nitrogens is 1. The molecule has 1 fully saturated rings. The van der Waals surface area contributed by atoms with Crippen molar-refractivity contribution in [3.05, 3.63) is 75.6 Å². The lowest BCUT2D eigenvalue weighted by molar-refractivity contribution is 0.0882. The number of carbonyl (C=O) groups is 1. The van der Waals surface area contributed by atoms with Gasteiger partial charge in [-0.1, -0.05) is 34.1 Å². The van der Waals surface area contributed by atoms with Crippen molar-refractivity contribution in [2.75, 3.05) is 40.3 Å². The number of hydrogen-bond donors (Lipinski definition) is 1. The van der Waals surface area contributed by atoms with Crippen molar-refractivity contribution in [2.24, 2.45) is 0 Å². The monoisotopic (exact) mass is 496 g/mol. The van der Waals surface area contributed by atoms with Gasteiger partial charge in [0.05, 0.1) is 16.8 Å². The van der Waals surface area contributed by atoms with Crippen molar-refractivity contribution in [3.8, 4) is 0 Å². The van der Waals surface area contributed by atoms with Crippen LogP contribution in [0.2, 0.25) is 0 Å². The van der Waals surface area contributed by atoms with Gasteiger partial charge in [0, 0.05) is 42.1 Å². The summed E-state index contributed by atoms with van der Waals surface area (Å²) in [5, 5.41) is 3.92. The van der Waals surface area contributed by atoms with E-state index in [0.29, 0.717) is 17.8 Å². The summed E-state index contributed by atoms with van der Waals surface area (Å²) in [4.78, 5) is 22.5. The number of halogens is 2. The molecule has 1 N–H and O–H groups in total. The van der Waals surface area contributed by atoms with E-state index in [1.165, 1.54) is 12.1 Å². The Kier molecular flexibility index (Phi) is 6.98. The first-order valence-corrected chi connectivity index (χ1v) is 11.4. The van der Waals surface area contributed by atoms with E-state index in [2.05, 4.69) is 50.1 Å². The van der Waals surface area contributed by atoms with Crippen LogP contribution in [0.3, 0.4) is 0 Å². The van der Waals surface area contributed by atoms with Gasteiger partial charge in [-0.25, -0.2) is 9.37 Å². The third-order valence-electron chi connectivity index (χ3n) is 5.83. The van der Waals surface area contributed by atoms with Crippen LogP contribution in [0.4, 0.5) is 4.39 Å². The van der Waals surface area contributed by atoms with Crippen LogP contribution < -0.4 is 5.32 Å². The third-order valence-corrected chi connectivity index (χ3v) is 6.32. The first-order chi connectivity index (χ1) is 15.4. The number of nitrogens with zero attached hydrogens (tertiary/aromatic N) is 3. The van der Waals surface area contributed by atoms with E-state index in [-0.39, 0.29) is 17.8 Å². The van der Waals surface area contributed by atoms with Gasteiger partial charge in [-0.2, -0.15) is 0 Å². The van der Waals surface area contributed by atoms with Crippen LogP contribution in [0.5, 0.6) is 0 Å². The smallest absolute Gasteiger partial charge is 0.252 e. The van der Waals surface area contributed by atoms with Gasteiger partial charge in [0.1, 0.15) is 5.82 Å². The van der Waals surface area contributed by atoms with Crippen LogP contribution in [0, 0.1) is 5.82 Å². The van der Waals surface area contributed by atoms with Crippen molar-refractivity contribution < 1.29 is 9.18 Å². The molecule has 1 aromatic heterocycles. The lowest BCUT2D eigenvalue weighted by Gasteiger charge is -2.37. The number of fused-ring (bicyclic) bond motifs is 1. The SMILES string of the molecule is CN1CCN(C)C(CNC(=O)c2cc(/C=C/c3ccc(F)cc3)nc3ccc(Br)cc23)C1. The fourth-order valence-corrected chi connectivity index (χ4v) is 4.24. The molecule has 0 spiro atoms. The second-order valence-electron chi connectivity index (χ2n) is 8.25. The first-order valence-electron chi connectivity index (χ1n) is 10.6. The van der Waals surface area contributed by atoms with Crippen LogP contribution in [0.1, 0.15) is 21.6 Å². The van der Waals surface area contributed by atoms with Gasteiger partial charge in [0.2, 0.25) is 0 Å². The Morgan fingerprint density at radius 1 is 1.16 bits per heavy atom. The predicted octanol–water partition coefficient (Wildman–Crippen LogP) is 4.28. The van der Waals surface area contributed by atoms with Crippen molar-refractivity contribution in [2.45, 2.75) is 6.04 Å². The van der Waals surface area contributed by atoms with Gasteiger partial charge in [-0.05, 0) is 62.1 Å². The number of nitrogens with one attached hydrogen (secondary N) is 1. The second kappa shape index (κ2) is 9.90. The molecule has 2 aromatic carbocycles. The normalized spacial score (nSPS) is 17.8. The Bertz CT molecular complexity index is 1150. The summed E-state index contributed by atoms with van der Waals surface area (Å²) in [6.45, 7) is 3.53. The minimum absolute atomic E-state index is 0.117. The van der Waals surface area contributed by atoms with Crippen molar-refractivity contribution in [1.29, 1.82) is 0 Å². The van der Waals surface area contributed by atoms with E-state index >= 15 is 0 Å². The largest absolute Gasteiger partial charge is 0.350 e. The number of carbonyl (C=O) groups excluding carboxylic acids is 1. The maximum atomic E-state index is 13.2. The number of benzene rings is 2. The minimum atomic E-state index is -0.273. The topological polar surface area (TPSA) is 48.5 Å². The number of amides is 1. The van der Waals surface area contributed by atoms with E-state index in [9.17, 15) is 9.18 Å². The number of rotatable bonds is 5. The molecule has 3 aromatic rings. The molecule has 5 nitrogen and oxygen atoms in total. The maximum absolute atomic E-state index is 13.2. The molecular formula is C25H26BrFN4O. The van der Waals surface area contributed by atoms with Crippen molar-refractivity contribution >= 4 is 44.9 Å². The first kappa shape index (κ1) is 22.6. The van der Waals surface area contributed by atoms with Crippen LogP contribution in [-0.4, -0.2) is 67.0 Å². The van der Waals surface area contributed by atoms with Crippen LogP contribution in [-0.2, 0) is 0 Å². The average Bonchev–Trinajstić information content (AvgIpc) is 2.78. The Morgan fingerprint density at radius 2 is 1.94 bits per heavy atom. The number of piperazine rings is 1. The maximum Gasteiger partial charge on any atom is 0.252 e. The molecule has 1 aliphatic heterocycles. The van der Waals surface area contributed by atoms with E-state index in [1.807, 2.05) is 30.4 Å². The van der Waals surface area contributed by atoms with Crippen LogP contribution >= 0.6 is 15.9 Å². The van der Waals surface area contributed by atoms with Crippen molar-refractivity contribution in [3.63, 3.8) is 0 Å². The van der Waals surface area contributed by atoms with E-state index in [0.717, 1.165) is 40.6 Å². The molecular weight excluding hydrogens is 471 g/mol. The molecule has 0 aliphatic carbocycles.